The molecule has 0 saturated heterocycles. The van der Waals surface area contributed by atoms with Crippen molar-refractivity contribution in [3.05, 3.63) is 70.3 Å². The minimum Gasteiger partial charge on any atom is -0.674 e. The van der Waals surface area contributed by atoms with Crippen LogP contribution >= 0.6 is 0 Å². The second kappa shape index (κ2) is 11.4. The van der Waals surface area contributed by atoms with Crippen LogP contribution in [-0.4, -0.2) is 40.5 Å². The van der Waals surface area contributed by atoms with E-state index in [0.29, 0.717) is 5.56 Å². The number of benzene rings is 2. The molecule has 0 aliphatic carbocycles. The van der Waals surface area contributed by atoms with Crippen LogP contribution in [0.1, 0.15) is 30.5 Å². The largest absolute Gasteiger partial charge is 0.674 e. The molecule has 2 aromatic carbocycles. The molecule has 11 heteroatoms. The second-order valence-corrected chi connectivity index (χ2v) is 6.75. The van der Waals surface area contributed by atoms with Crippen molar-refractivity contribution in [3.8, 4) is 6.07 Å². The van der Waals surface area contributed by atoms with E-state index in [1.165, 1.54) is 24.3 Å². The zero-order valence-electron chi connectivity index (χ0n) is 17.4. The van der Waals surface area contributed by atoms with Crippen LogP contribution in [0.5, 0.6) is 0 Å². The number of nitrogens with zero attached hydrogens (tertiary/aromatic N) is 4. The van der Waals surface area contributed by atoms with Gasteiger partial charge in [0.1, 0.15) is 18.9 Å². The number of amides is 1. The molecule has 32 heavy (non-hydrogen) atoms. The van der Waals surface area contributed by atoms with Crippen LogP contribution in [0, 0.1) is 17.1 Å². The van der Waals surface area contributed by atoms with Crippen LogP contribution in [0.4, 0.5) is 23.2 Å². The Kier molecular flexibility index (Phi) is 9.83. The van der Waals surface area contributed by atoms with Gasteiger partial charge in [0.2, 0.25) is 0 Å². The molecule has 0 spiro atoms. The first-order valence-corrected chi connectivity index (χ1v) is 9.48. The molecule has 0 aromatic heterocycles. The van der Waals surface area contributed by atoms with E-state index < -0.39 is 34.8 Å². The van der Waals surface area contributed by atoms with Gasteiger partial charge in [0.25, 0.3) is 5.91 Å². The molecule has 0 aliphatic rings. The zero-order valence-corrected chi connectivity index (χ0v) is 20.4. The number of carbonyl (C=O) groups excluding carboxylic acids is 1. The van der Waals surface area contributed by atoms with Crippen molar-refractivity contribution in [2.24, 2.45) is 0 Å². The first kappa shape index (κ1) is 27.6. The number of rotatable bonds is 8. The van der Waals surface area contributed by atoms with Crippen LogP contribution in [-0.2, 0) is 38.6 Å². The molecule has 0 unspecified atom stereocenters. The molecule has 1 N–H and O–H groups in total. The molecule has 6 nitrogen and oxygen atoms in total. The topological polar surface area (TPSA) is 78.4 Å². The quantitative estimate of drug-likeness (QED) is 0.259. The fourth-order valence-corrected chi connectivity index (χ4v) is 2.90. The van der Waals surface area contributed by atoms with Gasteiger partial charge in [-0.1, -0.05) is 23.0 Å². The van der Waals surface area contributed by atoms with Gasteiger partial charge in [-0.15, -0.1) is 5.69 Å². The minimum atomic E-state index is -4.48. The standard InChI is InChI=1S/C21H22F4N4O2.W/c1-3-29(31,4-2)28(14-15-5-8-17(9-6-15)21(23,24)25)20(30)13-27-19-10-7-16(12-26)11-18(19)22;/h5-11,31H,3-4,13-14H2,1-2H3;. The molecule has 0 aliphatic heterocycles. The Bertz CT molecular complexity index is 958. The number of alkyl halides is 3. The fourth-order valence-electron chi connectivity index (χ4n) is 2.90. The Labute approximate surface area is 197 Å². The number of halogens is 4. The van der Waals surface area contributed by atoms with Gasteiger partial charge in [-0.2, -0.15) is 28.6 Å². The molecule has 0 atom stereocenters. The summed E-state index contributed by atoms with van der Waals surface area (Å²) in [6.07, 6.45) is -4.48. The van der Waals surface area contributed by atoms with E-state index in [-0.39, 0.29) is 52.0 Å². The van der Waals surface area contributed by atoms with Crippen LogP contribution in [0.2, 0.25) is 0 Å². The zero-order chi connectivity index (χ0) is 23.2. The van der Waals surface area contributed by atoms with Crippen molar-refractivity contribution in [1.29, 1.82) is 5.26 Å². The Morgan fingerprint density at radius 3 is 2.22 bits per heavy atom. The van der Waals surface area contributed by atoms with E-state index in [2.05, 4.69) is 5.32 Å². The molecular formula is C21H22F4N4O2W. The van der Waals surface area contributed by atoms with E-state index in [1.54, 1.807) is 19.9 Å². The number of hydroxylamine groups is 2. The molecule has 2 aromatic rings. The summed E-state index contributed by atoms with van der Waals surface area (Å²) in [6, 6.07) is 9.68. The summed E-state index contributed by atoms with van der Waals surface area (Å²) < 4.78 is 51.6. The van der Waals surface area contributed by atoms with Gasteiger partial charge in [-0.25, -0.2) is 4.39 Å². The summed E-state index contributed by atoms with van der Waals surface area (Å²) in [4.78, 5) is 12.8. The maximum Gasteiger partial charge on any atom is 0.416 e. The van der Waals surface area contributed by atoms with Crippen LogP contribution in [0.15, 0.2) is 42.5 Å². The summed E-state index contributed by atoms with van der Waals surface area (Å²) in [6.45, 7) is 2.87. The molecule has 1 amide bonds. The Balaban J connectivity index is 0.00000512. The molecule has 0 fully saturated rings. The fraction of sp³-hybridized carbons (Fsp3) is 0.333. The summed E-state index contributed by atoms with van der Waals surface area (Å²) in [7, 11) is 0. The maximum absolute atomic E-state index is 14.0. The Morgan fingerprint density at radius 2 is 1.75 bits per heavy atom. The number of hydrogen-bond acceptors (Lipinski definition) is 3. The van der Waals surface area contributed by atoms with E-state index in [0.717, 1.165) is 23.2 Å². The number of nitriles is 1. The Hall–Kier alpha value is -2.47. The van der Waals surface area contributed by atoms with E-state index in [9.17, 15) is 27.6 Å². The Morgan fingerprint density at radius 1 is 1.16 bits per heavy atom. The van der Waals surface area contributed by atoms with Crippen molar-refractivity contribution in [1.82, 2.24) is 5.01 Å². The van der Waals surface area contributed by atoms with E-state index in [4.69, 9.17) is 5.26 Å². The van der Waals surface area contributed by atoms with Crippen LogP contribution in [0.3, 0.4) is 0 Å². The molecule has 0 saturated carbocycles. The number of carbonyl (C=O) groups is 1. The molecular weight excluding hydrogens is 600 g/mol. The number of hydrogen-bond donors (Lipinski definition) is 1. The van der Waals surface area contributed by atoms with Crippen molar-refractivity contribution in [2.75, 3.05) is 19.6 Å². The second-order valence-electron chi connectivity index (χ2n) is 6.75. The van der Waals surface area contributed by atoms with Gasteiger partial charge in [0, 0.05) is 21.1 Å². The van der Waals surface area contributed by atoms with Crippen molar-refractivity contribution >= 4 is 11.6 Å². The summed E-state index contributed by atoms with van der Waals surface area (Å²) in [5, 5.41) is 24.6. The van der Waals surface area contributed by atoms with Crippen molar-refractivity contribution < 1.29 is 53.4 Å². The van der Waals surface area contributed by atoms with Gasteiger partial charge < -0.3 is 5.32 Å². The summed E-state index contributed by atoms with van der Waals surface area (Å²) >= 11 is 0. The first-order chi connectivity index (χ1) is 14.5. The first-order valence-electron chi connectivity index (χ1n) is 9.48. The SMILES string of the molecule is CC[N+](O)(CC)N(Cc1ccc(C(F)(F)F)cc1)C(=O)C[N-]c1ccc(C#N)cc1F.[W]. The van der Waals surface area contributed by atoms with Gasteiger partial charge in [0.15, 0.2) is 0 Å². The van der Waals surface area contributed by atoms with E-state index in [1.807, 2.05) is 0 Å². The normalized spacial score (nSPS) is 11.3. The predicted octanol–water partition coefficient (Wildman–Crippen LogP) is 4.91. The van der Waals surface area contributed by atoms with Gasteiger partial charge in [-0.05, 0) is 50.2 Å². The molecule has 0 bridgehead atoms. The predicted molar refractivity (Wildman–Crippen MR) is 104 cm³/mol. The average molecular weight is 622 g/mol. The molecule has 0 heterocycles. The van der Waals surface area contributed by atoms with Crippen molar-refractivity contribution in [3.63, 3.8) is 0 Å². The number of quaternary nitrogens is 1. The molecule has 0 radical (unpaired) electrons. The maximum atomic E-state index is 14.0. The third-order valence-corrected chi connectivity index (χ3v) is 4.83. The summed E-state index contributed by atoms with van der Waals surface area (Å²) in [5.74, 6) is -1.41. The third kappa shape index (κ3) is 6.76. The van der Waals surface area contributed by atoms with Gasteiger partial charge >= 0.3 is 6.18 Å². The molecule has 2 rings (SSSR count). The minimum absolute atomic E-state index is 0. The average Bonchev–Trinajstić information content (AvgIpc) is 2.75. The summed E-state index contributed by atoms with van der Waals surface area (Å²) in [5.41, 5.74) is -0.457. The van der Waals surface area contributed by atoms with E-state index >= 15 is 0 Å². The van der Waals surface area contributed by atoms with Crippen LogP contribution in [0.25, 0.3) is 5.32 Å². The smallest absolute Gasteiger partial charge is 0.416 e. The van der Waals surface area contributed by atoms with Crippen molar-refractivity contribution in [2.45, 2.75) is 26.6 Å². The van der Waals surface area contributed by atoms with Gasteiger partial charge in [-0.3, -0.25) is 4.79 Å². The third-order valence-electron chi connectivity index (χ3n) is 4.83. The monoisotopic (exact) mass is 622 g/mol. The molecule has 172 valence electrons. The van der Waals surface area contributed by atoms with Gasteiger partial charge in [0.05, 0.1) is 23.7 Å². The van der Waals surface area contributed by atoms with Crippen LogP contribution < -0.4 is 0 Å².